The third kappa shape index (κ3) is 4.13. The van der Waals surface area contributed by atoms with Gasteiger partial charge in [-0.05, 0) is 77.7 Å². The van der Waals surface area contributed by atoms with Crippen molar-refractivity contribution in [1.82, 2.24) is 9.97 Å². The number of aryl methyl sites for hydroxylation is 1. The molecule has 2 aromatic carbocycles. The number of aromatic nitrogens is 2. The van der Waals surface area contributed by atoms with E-state index in [2.05, 4.69) is 27.1 Å². The van der Waals surface area contributed by atoms with Crippen LogP contribution in [0, 0.1) is 6.92 Å². The standard InChI is InChI=1S/C24H20N4/c1-17-10-12-26-23(14-17)24-15-18(11-13-27-24)16-28-22-8-4-20(5-9-22)19-2-6-21(25)7-3-19/h2-16H,25H2,1H3. The summed E-state index contributed by atoms with van der Waals surface area (Å²) in [4.78, 5) is 13.4. The van der Waals surface area contributed by atoms with Gasteiger partial charge in [0, 0.05) is 24.3 Å². The number of hydrogen-bond acceptors (Lipinski definition) is 4. The molecule has 0 saturated carbocycles. The Labute approximate surface area is 164 Å². The van der Waals surface area contributed by atoms with Crippen molar-refractivity contribution in [2.45, 2.75) is 6.92 Å². The van der Waals surface area contributed by atoms with Crippen LogP contribution in [0.3, 0.4) is 0 Å². The zero-order valence-electron chi connectivity index (χ0n) is 15.6. The van der Waals surface area contributed by atoms with Crippen LogP contribution in [0.15, 0.2) is 90.2 Å². The Hall–Kier alpha value is -3.79. The van der Waals surface area contributed by atoms with E-state index in [1.165, 1.54) is 0 Å². The van der Waals surface area contributed by atoms with Crippen LogP contribution in [-0.4, -0.2) is 16.2 Å². The average molecular weight is 364 g/mol. The number of benzene rings is 2. The van der Waals surface area contributed by atoms with Gasteiger partial charge in [0.2, 0.25) is 0 Å². The van der Waals surface area contributed by atoms with Crippen molar-refractivity contribution in [3.05, 3.63) is 96.3 Å². The lowest BCUT2D eigenvalue weighted by molar-refractivity contribution is 1.23. The zero-order valence-corrected chi connectivity index (χ0v) is 15.6. The molecule has 4 heteroatoms. The molecule has 0 bridgehead atoms. The highest BCUT2D eigenvalue weighted by Crippen LogP contribution is 2.23. The topological polar surface area (TPSA) is 64.2 Å². The highest BCUT2D eigenvalue weighted by Gasteiger charge is 2.02. The minimum absolute atomic E-state index is 0.766. The highest BCUT2D eigenvalue weighted by atomic mass is 14.8. The van der Waals surface area contributed by atoms with Crippen molar-refractivity contribution >= 4 is 17.6 Å². The molecule has 0 fully saturated rings. The number of aliphatic imine (C=N–C) groups is 1. The summed E-state index contributed by atoms with van der Waals surface area (Å²) in [5.41, 5.74) is 13.5. The summed E-state index contributed by atoms with van der Waals surface area (Å²) in [6, 6.07) is 23.9. The number of anilines is 1. The molecule has 2 N–H and O–H groups in total. The van der Waals surface area contributed by atoms with E-state index in [0.29, 0.717) is 0 Å². The molecule has 0 radical (unpaired) electrons. The van der Waals surface area contributed by atoms with Gasteiger partial charge in [0.05, 0.1) is 17.1 Å². The Morgan fingerprint density at radius 1 is 0.750 bits per heavy atom. The van der Waals surface area contributed by atoms with E-state index >= 15 is 0 Å². The van der Waals surface area contributed by atoms with Gasteiger partial charge in [-0.2, -0.15) is 0 Å². The van der Waals surface area contributed by atoms with Crippen LogP contribution in [0.2, 0.25) is 0 Å². The second-order valence-corrected chi connectivity index (χ2v) is 6.62. The molecule has 2 aromatic heterocycles. The highest BCUT2D eigenvalue weighted by molar-refractivity contribution is 5.83. The third-order valence-electron chi connectivity index (χ3n) is 4.44. The lowest BCUT2D eigenvalue weighted by Crippen LogP contribution is -1.90. The molecule has 4 aromatic rings. The Kier molecular flexibility index (Phi) is 4.93. The van der Waals surface area contributed by atoms with Gasteiger partial charge < -0.3 is 5.73 Å². The minimum Gasteiger partial charge on any atom is -0.399 e. The number of pyridine rings is 2. The summed E-state index contributed by atoms with van der Waals surface area (Å²) < 4.78 is 0. The van der Waals surface area contributed by atoms with E-state index in [4.69, 9.17) is 5.73 Å². The zero-order chi connectivity index (χ0) is 19.3. The first-order valence-electron chi connectivity index (χ1n) is 9.06. The molecule has 0 aliphatic heterocycles. The van der Waals surface area contributed by atoms with Gasteiger partial charge in [-0.25, -0.2) is 0 Å². The summed E-state index contributed by atoms with van der Waals surface area (Å²) in [5.74, 6) is 0. The van der Waals surface area contributed by atoms with E-state index in [9.17, 15) is 0 Å². The van der Waals surface area contributed by atoms with Crippen molar-refractivity contribution in [3.8, 4) is 22.5 Å². The Morgan fingerprint density at radius 2 is 1.36 bits per heavy atom. The van der Waals surface area contributed by atoms with Crippen LogP contribution in [0.25, 0.3) is 22.5 Å². The van der Waals surface area contributed by atoms with Crippen LogP contribution >= 0.6 is 0 Å². The largest absolute Gasteiger partial charge is 0.399 e. The van der Waals surface area contributed by atoms with Crippen LogP contribution in [0.1, 0.15) is 11.1 Å². The predicted octanol–water partition coefficient (Wildman–Crippen LogP) is 5.45. The van der Waals surface area contributed by atoms with Crippen LogP contribution in [0.5, 0.6) is 0 Å². The van der Waals surface area contributed by atoms with Gasteiger partial charge in [0.15, 0.2) is 0 Å². The molecule has 4 nitrogen and oxygen atoms in total. The first-order chi connectivity index (χ1) is 13.7. The lowest BCUT2D eigenvalue weighted by atomic mass is 10.1. The van der Waals surface area contributed by atoms with Crippen molar-refractivity contribution in [2.75, 3.05) is 5.73 Å². The van der Waals surface area contributed by atoms with E-state index < -0.39 is 0 Å². The number of rotatable bonds is 4. The van der Waals surface area contributed by atoms with E-state index in [1.54, 1.807) is 12.4 Å². The van der Waals surface area contributed by atoms with Gasteiger partial charge in [0.1, 0.15) is 0 Å². The van der Waals surface area contributed by atoms with Crippen molar-refractivity contribution in [2.24, 2.45) is 4.99 Å². The summed E-state index contributed by atoms with van der Waals surface area (Å²) in [5, 5.41) is 0. The van der Waals surface area contributed by atoms with Crippen molar-refractivity contribution < 1.29 is 0 Å². The molecule has 0 unspecified atom stereocenters. The Morgan fingerprint density at radius 3 is 2.04 bits per heavy atom. The number of nitrogen functional groups attached to an aromatic ring is 1. The molecule has 0 saturated heterocycles. The van der Waals surface area contributed by atoms with Crippen LogP contribution in [0.4, 0.5) is 11.4 Å². The molecule has 0 spiro atoms. The smallest absolute Gasteiger partial charge is 0.0892 e. The Bertz CT molecular complexity index is 1110. The molecule has 0 aliphatic rings. The third-order valence-corrected chi connectivity index (χ3v) is 4.44. The molecule has 0 atom stereocenters. The lowest BCUT2D eigenvalue weighted by Gasteiger charge is -2.03. The second kappa shape index (κ2) is 7.84. The van der Waals surface area contributed by atoms with Gasteiger partial charge >= 0.3 is 0 Å². The fourth-order valence-electron chi connectivity index (χ4n) is 2.91. The second-order valence-electron chi connectivity index (χ2n) is 6.62. The SMILES string of the molecule is Cc1ccnc(-c2cc(C=Nc3ccc(-c4ccc(N)cc4)cc3)ccn2)c1. The first kappa shape index (κ1) is 17.6. The minimum atomic E-state index is 0.766. The summed E-state index contributed by atoms with van der Waals surface area (Å²) >= 11 is 0. The molecule has 2 heterocycles. The summed E-state index contributed by atoms with van der Waals surface area (Å²) in [7, 11) is 0. The molecular formula is C24H20N4. The maximum Gasteiger partial charge on any atom is 0.0892 e. The molecule has 0 amide bonds. The van der Waals surface area contributed by atoms with E-state index in [1.807, 2.05) is 73.8 Å². The summed E-state index contributed by atoms with van der Waals surface area (Å²) in [6.45, 7) is 2.05. The quantitative estimate of drug-likeness (QED) is 0.387. The van der Waals surface area contributed by atoms with Crippen molar-refractivity contribution in [3.63, 3.8) is 0 Å². The number of nitrogens with zero attached hydrogens (tertiary/aromatic N) is 3. The average Bonchev–Trinajstić information content (AvgIpc) is 2.73. The molecule has 28 heavy (non-hydrogen) atoms. The van der Waals surface area contributed by atoms with Gasteiger partial charge in [-0.1, -0.05) is 24.3 Å². The van der Waals surface area contributed by atoms with Crippen molar-refractivity contribution in [1.29, 1.82) is 0 Å². The van der Waals surface area contributed by atoms with E-state index in [-0.39, 0.29) is 0 Å². The molecule has 0 aliphatic carbocycles. The fraction of sp³-hybridized carbons (Fsp3) is 0.0417. The number of hydrogen-bond donors (Lipinski definition) is 1. The number of nitrogens with two attached hydrogens (primary N) is 1. The monoisotopic (exact) mass is 364 g/mol. The molecule has 4 rings (SSSR count). The van der Waals surface area contributed by atoms with Crippen LogP contribution < -0.4 is 5.73 Å². The van der Waals surface area contributed by atoms with Gasteiger partial charge in [0.25, 0.3) is 0 Å². The Balaban J connectivity index is 1.53. The maximum absolute atomic E-state index is 5.75. The predicted molar refractivity (Wildman–Crippen MR) is 116 cm³/mol. The van der Waals surface area contributed by atoms with E-state index in [0.717, 1.165) is 45.0 Å². The molecular weight excluding hydrogens is 344 g/mol. The van der Waals surface area contributed by atoms with Gasteiger partial charge in [-0.15, -0.1) is 0 Å². The fourth-order valence-corrected chi connectivity index (χ4v) is 2.91. The van der Waals surface area contributed by atoms with Crippen LogP contribution in [-0.2, 0) is 0 Å². The summed E-state index contributed by atoms with van der Waals surface area (Å²) in [6.07, 6.45) is 5.43. The van der Waals surface area contributed by atoms with Gasteiger partial charge in [-0.3, -0.25) is 15.0 Å². The maximum atomic E-state index is 5.75. The first-order valence-corrected chi connectivity index (χ1v) is 9.06. The normalized spacial score (nSPS) is 11.0. The molecule has 136 valence electrons.